The number of hydrogen-bond donors (Lipinski definition) is 0. The molecule has 0 saturated carbocycles. The molecule has 2 rings (SSSR count). The van der Waals surface area contributed by atoms with E-state index in [-0.39, 0.29) is 36.0 Å². The second-order valence-electron chi connectivity index (χ2n) is 7.93. The SMILES string of the molecule is Cc1cc(C(C)(C)C)cc(C)c1COC(=O)CN1CCS(=O)(=O)CC1. The Morgan fingerprint density at radius 3 is 2.12 bits per heavy atom. The number of aryl methyl sites for hydroxylation is 2. The Balaban J connectivity index is 1.94. The van der Waals surface area contributed by atoms with Crippen LogP contribution in [0.3, 0.4) is 0 Å². The van der Waals surface area contributed by atoms with E-state index in [9.17, 15) is 13.2 Å². The quantitative estimate of drug-likeness (QED) is 0.765. The molecule has 1 fully saturated rings. The maximum absolute atomic E-state index is 12.1. The molecule has 1 aliphatic rings. The molecule has 0 atom stereocenters. The maximum atomic E-state index is 12.1. The van der Waals surface area contributed by atoms with Crippen LogP contribution in [0, 0.1) is 13.8 Å². The number of benzene rings is 1. The molecule has 25 heavy (non-hydrogen) atoms. The molecule has 0 N–H and O–H groups in total. The lowest BCUT2D eigenvalue weighted by molar-refractivity contribution is -0.146. The first-order chi connectivity index (χ1) is 11.5. The van der Waals surface area contributed by atoms with Gasteiger partial charge in [0.25, 0.3) is 0 Å². The predicted molar refractivity (Wildman–Crippen MR) is 99.5 cm³/mol. The lowest BCUT2D eigenvalue weighted by atomic mass is 9.84. The topological polar surface area (TPSA) is 63.7 Å². The summed E-state index contributed by atoms with van der Waals surface area (Å²) in [7, 11) is -2.93. The van der Waals surface area contributed by atoms with Crippen LogP contribution in [0.4, 0.5) is 0 Å². The van der Waals surface area contributed by atoms with Crippen LogP contribution in [0.5, 0.6) is 0 Å². The van der Waals surface area contributed by atoms with Crippen molar-refractivity contribution >= 4 is 15.8 Å². The second kappa shape index (κ2) is 7.46. The fourth-order valence-corrected chi connectivity index (χ4v) is 4.22. The molecule has 1 heterocycles. The van der Waals surface area contributed by atoms with Gasteiger partial charge in [-0.3, -0.25) is 9.69 Å². The van der Waals surface area contributed by atoms with Crippen molar-refractivity contribution in [3.63, 3.8) is 0 Å². The van der Waals surface area contributed by atoms with Crippen molar-refractivity contribution in [2.45, 2.75) is 46.6 Å². The number of hydrogen-bond acceptors (Lipinski definition) is 5. The van der Waals surface area contributed by atoms with Crippen LogP contribution in [0.25, 0.3) is 0 Å². The summed E-state index contributed by atoms with van der Waals surface area (Å²) in [6, 6.07) is 4.32. The van der Waals surface area contributed by atoms with Crippen LogP contribution in [-0.4, -0.2) is 50.4 Å². The number of esters is 1. The van der Waals surface area contributed by atoms with Crippen molar-refractivity contribution < 1.29 is 17.9 Å². The highest BCUT2D eigenvalue weighted by Gasteiger charge is 2.23. The number of rotatable bonds is 4. The molecule has 0 amide bonds. The molecular weight excluding hydrogens is 338 g/mol. The summed E-state index contributed by atoms with van der Waals surface area (Å²) in [5, 5.41) is 0. The van der Waals surface area contributed by atoms with E-state index in [4.69, 9.17) is 4.74 Å². The van der Waals surface area contributed by atoms with E-state index >= 15 is 0 Å². The minimum absolute atomic E-state index is 0.0827. The van der Waals surface area contributed by atoms with Crippen molar-refractivity contribution in [3.05, 3.63) is 34.4 Å². The summed E-state index contributed by atoms with van der Waals surface area (Å²) in [5.74, 6) is -0.0718. The average molecular weight is 368 g/mol. The Hall–Kier alpha value is -1.40. The van der Waals surface area contributed by atoms with E-state index in [0.717, 1.165) is 16.7 Å². The predicted octanol–water partition coefficient (Wildman–Crippen LogP) is 2.37. The molecule has 0 bridgehead atoms. The van der Waals surface area contributed by atoms with E-state index in [1.54, 1.807) is 0 Å². The van der Waals surface area contributed by atoms with Crippen molar-refractivity contribution in [2.24, 2.45) is 0 Å². The molecule has 1 aliphatic heterocycles. The molecule has 0 aromatic heterocycles. The number of carbonyl (C=O) groups excluding carboxylic acids is 1. The van der Waals surface area contributed by atoms with Gasteiger partial charge in [0.1, 0.15) is 6.61 Å². The second-order valence-corrected chi connectivity index (χ2v) is 10.2. The molecule has 5 nitrogen and oxygen atoms in total. The molecule has 1 aromatic carbocycles. The third kappa shape index (κ3) is 5.54. The van der Waals surface area contributed by atoms with E-state index in [0.29, 0.717) is 13.1 Å². The molecule has 6 heteroatoms. The minimum Gasteiger partial charge on any atom is -0.460 e. The molecule has 0 radical (unpaired) electrons. The van der Waals surface area contributed by atoms with Crippen molar-refractivity contribution in [3.8, 4) is 0 Å². The molecule has 140 valence electrons. The zero-order chi connectivity index (χ0) is 18.8. The first kappa shape index (κ1) is 19.9. The fourth-order valence-electron chi connectivity index (χ4n) is 2.94. The van der Waals surface area contributed by atoms with Crippen LogP contribution >= 0.6 is 0 Å². The number of ether oxygens (including phenoxy) is 1. The van der Waals surface area contributed by atoms with E-state index in [1.165, 1.54) is 5.56 Å². The average Bonchev–Trinajstić information content (AvgIpc) is 2.47. The largest absolute Gasteiger partial charge is 0.460 e. The Labute approximate surface area is 151 Å². The maximum Gasteiger partial charge on any atom is 0.320 e. The molecule has 0 spiro atoms. The molecular formula is C19H29NO4S. The molecule has 0 aliphatic carbocycles. The summed E-state index contributed by atoms with van der Waals surface area (Å²) in [4.78, 5) is 13.9. The van der Waals surface area contributed by atoms with Crippen LogP contribution in [0.2, 0.25) is 0 Å². The third-order valence-electron chi connectivity index (χ3n) is 4.73. The van der Waals surface area contributed by atoms with Crippen LogP contribution in [-0.2, 0) is 31.4 Å². The summed E-state index contributed by atoms with van der Waals surface area (Å²) in [6.07, 6.45) is 0. The van der Waals surface area contributed by atoms with Gasteiger partial charge in [-0.2, -0.15) is 0 Å². The van der Waals surface area contributed by atoms with Crippen LogP contribution < -0.4 is 0 Å². The van der Waals surface area contributed by atoms with Gasteiger partial charge in [0, 0.05) is 13.1 Å². The Kier molecular flexibility index (Phi) is 5.94. The van der Waals surface area contributed by atoms with Gasteiger partial charge in [0.05, 0.1) is 18.1 Å². The van der Waals surface area contributed by atoms with Gasteiger partial charge in [-0.05, 0) is 41.5 Å². The normalized spacial score (nSPS) is 18.1. The highest BCUT2D eigenvalue weighted by Crippen LogP contribution is 2.27. The summed E-state index contributed by atoms with van der Waals surface area (Å²) in [6.45, 7) is 11.8. The lowest BCUT2D eigenvalue weighted by Gasteiger charge is -2.25. The van der Waals surface area contributed by atoms with Gasteiger partial charge in [-0.15, -0.1) is 0 Å². The van der Waals surface area contributed by atoms with E-state index in [1.807, 2.05) is 18.7 Å². The van der Waals surface area contributed by atoms with Crippen LogP contribution in [0.15, 0.2) is 12.1 Å². The summed E-state index contributed by atoms with van der Waals surface area (Å²) < 4.78 is 28.3. The van der Waals surface area contributed by atoms with E-state index < -0.39 is 9.84 Å². The Morgan fingerprint density at radius 1 is 1.12 bits per heavy atom. The zero-order valence-corrected chi connectivity index (χ0v) is 16.7. The summed E-state index contributed by atoms with van der Waals surface area (Å²) >= 11 is 0. The fraction of sp³-hybridized carbons (Fsp3) is 0.632. The number of nitrogens with zero attached hydrogens (tertiary/aromatic N) is 1. The van der Waals surface area contributed by atoms with Gasteiger partial charge in [0.15, 0.2) is 9.84 Å². The monoisotopic (exact) mass is 367 g/mol. The first-order valence-electron chi connectivity index (χ1n) is 8.67. The van der Waals surface area contributed by atoms with Crippen molar-refractivity contribution in [2.75, 3.05) is 31.1 Å². The molecule has 1 saturated heterocycles. The molecule has 0 unspecified atom stereocenters. The first-order valence-corrected chi connectivity index (χ1v) is 10.5. The van der Waals surface area contributed by atoms with Gasteiger partial charge in [-0.25, -0.2) is 8.42 Å². The zero-order valence-electron chi connectivity index (χ0n) is 15.9. The summed E-state index contributed by atoms with van der Waals surface area (Å²) in [5.41, 5.74) is 4.65. The molecule has 1 aromatic rings. The van der Waals surface area contributed by atoms with Gasteiger partial charge in [-0.1, -0.05) is 32.9 Å². The Morgan fingerprint density at radius 2 is 1.64 bits per heavy atom. The van der Waals surface area contributed by atoms with Crippen molar-refractivity contribution in [1.82, 2.24) is 4.90 Å². The smallest absolute Gasteiger partial charge is 0.320 e. The van der Waals surface area contributed by atoms with Gasteiger partial charge < -0.3 is 4.74 Å². The highest BCUT2D eigenvalue weighted by atomic mass is 32.2. The van der Waals surface area contributed by atoms with Gasteiger partial charge in [0.2, 0.25) is 0 Å². The number of carbonyl (C=O) groups is 1. The van der Waals surface area contributed by atoms with Crippen LogP contribution in [0.1, 0.15) is 43.0 Å². The standard InChI is InChI=1S/C19H29NO4S/c1-14-10-16(19(3,4)5)11-15(2)17(14)13-24-18(21)12-20-6-8-25(22,23)9-7-20/h10-11H,6-9,12-13H2,1-5H3. The number of sulfone groups is 1. The third-order valence-corrected chi connectivity index (χ3v) is 6.34. The minimum atomic E-state index is -2.93. The highest BCUT2D eigenvalue weighted by molar-refractivity contribution is 7.91. The van der Waals surface area contributed by atoms with Gasteiger partial charge >= 0.3 is 5.97 Å². The van der Waals surface area contributed by atoms with Crippen molar-refractivity contribution in [1.29, 1.82) is 0 Å². The lowest BCUT2D eigenvalue weighted by Crippen LogP contribution is -2.43. The van der Waals surface area contributed by atoms with E-state index in [2.05, 4.69) is 32.9 Å². The Bertz CT molecular complexity index is 710.